The maximum atomic E-state index is 14.0. The fraction of sp³-hybridized carbons (Fsp3) is 0.344. The zero-order valence-corrected chi connectivity index (χ0v) is 24.9. The number of primary amides is 1. The SMILES string of the molecule is CC(C)(C)[C@H](NC(=O)[C@@H](Cc1ccc(C(=N)N)cc1)c1ccc2ccccc2c1)C(=O)NC(CCCN=C(N)N)C(N)=O. The molecule has 11 nitrogen and oxygen atoms in total. The zero-order chi connectivity index (χ0) is 31.7. The van der Waals surface area contributed by atoms with Crippen LogP contribution in [0, 0.1) is 10.8 Å². The van der Waals surface area contributed by atoms with Crippen LogP contribution in [0.3, 0.4) is 0 Å². The summed E-state index contributed by atoms with van der Waals surface area (Å²) in [7, 11) is 0. The van der Waals surface area contributed by atoms with E-state index in [1.807, 2.05) is 75.4 Å². The minimum absolute atomic E-state index is 0.0418. The first-order chi connectivity index (χ1) is 20.3. The van der Waals surface area contributed by atoms with Gasteiger partial charge in [0.15, 0.2) is 5.96 Å². The van der Waals surface area contributed by atoms with E-state index < -0.39 is 35.2 Å². The van der Waals surface area contributed by atoms with Crippen LogP contribution in [-0.4, -0.2) is 48.1 Å². The smallest absolute Gasteiger partial charge is 0.243 e. The minimum atomic E-state index is -0.970. The molecule has 1 unspecified atom stereocenters. The Balaban J connectivity index is 1.89. The number of amidine groups is 1. The highest BCUT2D eigenvalue weighted by Gasteiger charge is 2.36. The Kier molecular flexibility index (Phi) is 10.8. The van der Waals surface area contributed by atoms with Crippen molar-refractivity contribution in [1.82, 2.24) is 10.6 Å². The maximum Gasteiger partial charge on any atom is 0.243 e. The molecular formula is C32H42N8O3. The number of fused-ring (bicyclic) bond motifs is 1. The van der Waals surface area contributed by atoms with E-state index in [4.69, 9.17) is 28.3 Å². The van der Waals surface area contributed by atoms with Gasteiger partial charge >= 0.3 is 0 Å². The number of benzene rings is 3. The summed E-state index contributed by atoms with van der Waals surface area (Å²) in [4.78, 5) is 43.6. The fourth-order valence-corrected chi connectivity index (χ4v) is 4.80. The lowest BCUT2D eigenvalue weighted by Crippen LogP contribution is -2.58. The van der Waals surface area contributed by atoms with Crippen LogP contribution in [0.5, 0.6) is 0 Å². The molecule has 0 fully saturated rings. The van der Waals surface area contributed by atoms with Gasteiger partial charge in [-0.25, -0.2) is 0 Å². The van der Waals surface area contributed by atoms with Gasteiger partial charge < -0.3 is 33.6 Å². The van der Waals surface area contributed by atoms with Crippen molar-refractivity contribution in [3.8, 4) is 0 Å². The molecule has 228 valence electrons. The lowest BCUT2D eigenvalue weighted by atomic mass is 9.84. The Hall–Kier alpha value is -4.93. The third-order valence-electron chi connectivity index (χ3n) is 7.22. The molecular weight excluding hydrogens is 544 g/mol. The Morgan fingerprint density at radius 2 is 1.51 bits per heavy atom. The highest BCUT2D eigenvalue weighted by atomic mass is 16.2. The molecule has 11 N–H and O–H groups in total. The average Bonchev–Trinajstić information content (AvgIpc) is 2.95. The number of guanidine groups is 1. The molecule has 3 aromatic carbocycles. The van der Waals surface area contributed by atoms with E-state index in [9.17, 15) is 14.4 Å². The van der Waals surface area contributed by atoms with Crippen LogP contribution in [-0.2, 0) is 20.8 Å². The maximum absolute atomic E-state index is 14.0. The topological polar surface area (TPSA) is 216 Å². The van der Waals surface area contributed by atoms with Crippen molar-refractivity contribution in [2.24, 2.45) is 33.3 Å². The Bertz CT molecular complexity index is 1490. The standard InChI is InChI=1S/C32H42N8O3/c1-32(2,3)26(30(43)39-25(28(35)41)9-6-16-38-31(36)37)40-29(42)24(17-19-10-12-21(13-11-19)27(33)34)23-15-14-20-7-4-5-8-22(20)18-23/h4-5,7-8,10-15,18,24-26H,6,9,16-17H2,1-3H3,(H3,33,34)(H2,35,41)(H,39,43)(H,40,42)(H4,36,37,38)/t24-,25?,26+/m0/s1. The highest BCUT2D eigenvalue weighted by Crippen LogP contribution is 2.28. The van der Waals surface area contributed by atoms with Gasteiger partial charge in [-0.1, -0.05) is 87.5 Å². The van der Waals surface area contributed by atoms with Crippen LogP contribution < -0.4 is 33.6 Å². The molecule has 3 amide bonds. The number of nitrogen functional groups attached to an aromatic ring is 1. The first kappa shape index (κ1) is 32.6. The summed E-state index contributed by atoms with van der Waals surface area (Å²) in [5, 5.41) is 15.4. The number of nitrogens with zero attached hydrogens (tertiary/aromatic N) is 1. The second-order valence-corrected chi connectivity index (χ2v) is 11.7. The number of hydrogen-bond donors (Lipinski definition) is 7. The normalized spacial score (nSPS) is 13.4. The summed E-state index contributed by atoms with van der Waals surface area (Å²) in [6.07, 6.45) is 0.999. The molecule has 0 aromatic heterocycles. The number of rotatable bonds is 13. The van der Waals surface area contributed by atoms with Crippen molar-refractivity contribution in [2.45, 2.75) is 58.0 Å². The third-order valence-corrected chi connectivity index (χ3v) is 7.22. The molecule has 0 aliphatic heterocycles. The monoisotopic (exact) mass is 586 g/mol. The quantitative estimate of drug-likeness (QED) is 0.0902. The molecule has 0 aliphatic rings. The molecule has 0 heterocycles. The molecule has 0 saturated carbocycles. The fourth-order valence-electron chi connectivity index (χ4n) is 4.80. The molecule has 3 atom stereocenters. The summed E-state index contributed by atoms with van der Waals surface area (Å²) in [6, 6.07) is 19.0. The number of nitrogens with one attached hydrogen (secondary N) is 3. The first-order valence-corrected chi connectivity index (χ1v) is 14.1. The summed E-state index contributed by atoms with van der Waals surface area (Å²) in [5.41, 5.74) is 23.4. The van der Waals surface area contributed by atoms with E-state index in [0.717, 1.165) is 21.9 Å². The number of amides is 3. The zero-order valence-electron chi connectivity index (χ0n) is 24.9. The number of carbonyl (C=O) groups is 3. The Morgan fingerprint density at radius 1 is 0.860 bits per heavy atom. The van der Waals surface area contributed by atoms with Gasteiger partial charge in [0, 0.05) is 12.1 Å². The van der Waals surface area contributed by atoms with Crippen LogP contribution in [0.15, 0.2) is 71.7 Å². The van der Waals surface area contributed by atoms with Crippen molar-refractivity contribution in [3.63, 3.8) is 0 Å². The number of carbonyl (C=O) groups excluding carboxylic acids is 3. The molecule has 0 saturated heterocycles. The molecule has 0 aliphatic carbocycles. The summed E-state index contributed by atoms with van der Waals surface area (Å²) >= 11 is 0. The van der Waals surface area contributed by atoms with E-state index in [1.165, 1.54) is 0 Å². The van der Waals surface area contributed by atoms with E-state index in [0.29, 0.717) is 18.4 Å². The van der Waals surface area contributed by atoms with Gasteiger partial charge in [0.25, 0.3) is 0 Å². The summed E-state index contributed by atoms with van der Waals surface area (Å²) in [5.74, 6) is -2.30. The van der Waals surface area contributed by atoms with E-state index in [1.54, 1.807) is 12.1 Å². The largest absolute Gasteiger partial charge is 0.384 e. The van der Waals surface area contributed by atoms with Crippen molar-refractivity contribution in [3.05, 3.63) is 83.4 Å². The molecule has 0 bridgehead atoms. The second kappa shape index (κ2) is 14.3. The van der Waals surface area contributed by atoms with Gasteiger partial charge in [0.05, 0.1) is 5.92 Å². The van der Waals surface area contributed by atoms with Crippen LogP contribution >= 0.6 is 0 Å². The van der Waals surface area contributed by atoms with Gasteiger partial charge in [0.2, 0.25) is 17.7 Å². The lowest BCUT2D eigenvalue weighted by Gasteiger charge is -2.33. The van der Waals surface area contributed by atoms with Crippen LogP contribution in [0.25, 0.3) is 10.8 Å². The molecule has 11 heteroatoms. The van der Waals surface area contributed by atoms with Gasteiger partial charge in [-0.05, 0) is 46.6 Å². The second-order valence-electron chi connectivity index (χ2n) is 11.7. The lowest BCUT2D eigenvalue weighted by molar-refractivity contribution is -0.134. The van der Waals surface area contributed by atoms with Crippen LogP contribution in [0.4, 0.5) is 0 Å². The molecule has 0 radical (unpaired) electrons. The number of aliphatic imine (C=N–C) groups is 1. The van der Waals surface area contributed by atoms with E-state index in [-0.39, 0.29) is 30.7 Å². The first-order valence-electron chi connectivity index (χ1n) is 14.1. The van der Waals surface area contributed by atoms with Crippen molar-refractivity contribution in [1.29, 1.82) is 5.41 Å². The molecule has 3 rings (SSSR count). The van der Waals surface area contributed by atoms with E-state index in [2.05, 4.69) is 15.6 Å². The van der Waals surface area contributed by atoms with Gasteiger partial charge in [-0.15, -0.1) is 0 Å². The third kappa shape index (κ3) is 9.29. The number of hydrogen-bond acceptors (Lipinski definition) is 5. The predicted octanol–water partition coefficient (Wildman–Crippen LogP) is 2.00. The minimum Gasteiger partial charge on any atom is -0.384 e. The van der Waals surface area contributed by atoms with Crippen LogP contribution in [0.2, 0.25) is 0 Å². The van der Waals surface area contributed by atoms with Gasteiger partial charge in [-0.2, -0.15) is 0 Å². The average molecular weight is 587 g/mol. The van der Waals surface area contributed by atoms with Gasteiger partial charge in [-0.3, -0.25) is 24.8 Å². The van der Waals surface area contributed by atoms with Crippen molar-refractivity contribution >= 4 is 40.3 Å². The molecule has 3 aromatic rings. The predicted molar refractivity (Wildman–Crippen MR) is 170 cm³/mol. The van der Waals surface area contributed by atoms with E-state index >= 15 is 0 Å². The Labute approximate surface area is 252 Å². The van der Waals surface area contributed by atoms with Crippen LogP contribution in [0.1, 0.15) is 56.2 Å². The molecule has 0 spiro atoms. The molecule has 43 heavy (non-hydrogen) atoms. The highest BCUT2D eigenvalue weighted by molar-refractivity contribution is 5.95. The Morgan fingerprint density at radius 3 is 2.09 bits per heavy atom. The number of nitrogens with two attached hydrogens (primary N) is 4. The summed E-state index contributed by atoms with van der Waals surface area (Å²) < 4.78 is 0. The van der Waals surface area contributed by atoms with Crippen molar-refractivity contribution < 1.29 is 14.4 Å². The van der Waals surface area contributed by atoms with Gasteiger partial charge in [0.1, 0.15) is 17.9 Å². The van der Waals surface area contributed by atoms with Crippen molar-refractivity contribution in [2.75, 3.05) is 6.54 Å². The summed E-state index contributed by atoms with van der Waals surface area (Å²) in [6.45, 7) is 5.78.